The summed E-state index contributed by atoms with van der Waals surface area (Å²) < 4.78 is 5.46. The fourth-order valence-electron chi connectivity index (χ4n) is 3.29. The largest absolute Gasteiger partial charge is 0.336 e. The molecule has 4 rings (SSSR count). The number of amides is 2. The minimum absolute atomic E-state index is 0.0444. The molecule has 0 aromatic carbocycles. The van der Waals surface area contributed by atoms with E-state index in [0.29, 0.717) is 24.8 Å². The van der Waals surface area contributed by atoms with Crippen molar-refractivity contribution in [2.75, 3.05) is 6.54 Å². The topological polar surface area (TPSA) is 84.2 Å². The van der Waals surface area contributed by atoms with Crippen LogP contribution in [0.1, 0.15) is 30.7 Å². The van der Waals surface area contributed by atoms with E-state index in [-0.39, 0.29) is 12.1 Å². The van der Waals surface area contributed by atoms with Crippen LogP contribution in [0.25, 0.3) is 22.8 Å². The van der Waals surface area contributed by atoms with E-state index >= 15 is 0 Å². The summed E-state index contributed by atoms with van der Waals surface area (Å²) in [7, 11) is 0. The number of pyridine rings is 1. The van der Waals surface area contributed by atoms with E-state index in [1.165, 1.54) is 0 Å². The molecule has 0 bridgehead atoms. The monoisotopic (exact) mass is 383 g/mol. The van der Waals surface area contributed by atoms with Crippen LogP contribution in [0.2, 0.25) is 0 Å². The van der Waals surface area contributed by atoms with Crippen molar-refractivity contribution < 1.29 is 9.32 Å². The lowest BCUT2D eigenvalue weighted by molar-refractivity contribution is 0.190. The van der Waals surface area contributed by atoms with Crippen molar-refractivity contribution in [2.24, 2.45) is 0 Å². The molecule has 1 aliphatic heterocycles. The Kier molecular flexibility index (Phi) is 4.65. The van der Waals surface area contributed by atoms with Crippen molar-refractivity contribution in [2.45, 2.75) is 39.8 Å². The van der Waals surface area contributed by atoms with Crippen LogP contribution in [-0.2, 0) is 13.0 Å². The summed E-state index contributed by atoms with van der Waals surface area (Å²) in [6, 6.07) is 2.02. The second kappa shape index (κ2) is 7.11. The number of carbonyl (C=O) groups is 1. The molecule has 3 aromatic heterocycles. The highest BCUT2D eigenvalue weighted by molar-refractivity contribution is 7.08. The molecular formula is C19H21N5O2S. The number of nitrogens with one attached hydrogen (secondary N) is 1. The number of aryl methyl sites for hydroxylation is 1. The Morgan fingerprint density at radius 2 is 2.26 bits per heavy atom. The van der Waals surface area contributed by atoms with Gasteiger partial charge in [-0.3, -0.25) is 4.98 Å². The van der Waals surface area contributed by atoms with Crippen molar-refractivity contribution in [3.8, 4) is 22.8 Å². The van der Waals surface area contributed by atoms with Crippen LogP contribution >= 0.6 is 11.3 Å². The molecule has 0 saturated heterocycles. The lowest BCUT2D eigenvalue weighted by atomic mass is 9.94. The van der Waals surface area contributed by atoms with Gasteiger partial charge in [0.1, 0.15) is 0 Å². The van der Waals surface area contributed by atoms with Crippen molar-refractivity contribution in [1.29, 1.82) is 0 Å². The molecule has 0 atom stereocenters. The molecule has 2 amide bonds. The third kappa shape index (κ3) is 3.44. The lowest BCUT2D eigenvalue weighted by Crippen LogP contribution is -2.45. The van der Waals surface area contributed by atoms with Crippen LogP contribution in [0.3, 0.4) is 0 Å². The first-order chi connectivity index (χ1) is 13.0. The van der Waals surface area contributed by atoms with E-state index in [1.807, 2.05) is 48.7 Å². The molecule has 4 heterocycles. The maximum absolute atomic E-state index is 12.3. The number of hydrogen-bond acceptors (Lipinski definition) is 6. The highest BCUT2D eigenvalue weighted by Gasteiger charge is 2.26. The first-order valence-electron chi connectivity index (χ1n) is 8.92. The third-order valence-electron chi connectivity index (χ3n) is 4.58. The van der Waals surface area contributed by atoms with Crippen LogP contribution in [0, 0.1) is 6.92 Å². The molecule has 7 nitrogen and oxygen atoms in total. The summed E-state index contributed by atoms with van der Waals surface area (Å²) in [6.45, 7) is 7.05. The van der Waals surface area contributed by atoms with Gasteiger partial charge in [-0.15, -0.1) is 0 Å². The van der Waals surface area contributed by atoms with E-state index < -0.39 is 0 Å². The maximum Gasteiger partial charge on any atom is 0.317 e. The van der Waals surface area contributed by atoms with Gasteiger partial charge in [0, 0.05) is 42.0 Å². The molecule has 0 fully saturated rings. The smallest absolute Gasteiger partial charge is 0.317 e. The number of urea groups is 1. The summed E-state index contributed by atoms with van der Waals surface area (Å²) in [5, 5.41) is 11.1. The van der Waals surface area contributed by atoms with Gasteiger partial charge in [-0.25, -0.2) is 4.79 Å². The minimum Gasteiger partial charge on any atom is -0.336 e. The number of fused-ring (bicyclic) bond motifs is 1. The van der Waals surface area contributed by atoms with Gasteiger partial charge >= 0.3 is 6.03 Å². The van der Waals surface area contributed by atoms with Gasteiger partial charge in [0.15, 0.2) is 0 Å². The number of carbonyl (C=O) groups excluding carboxylic acids is 1. The standard InChI is InChI=1S/C19H21N5O2S/c1-11(2)21-19(25)24-6-4-15-14(9-24)8-20-12(3)16(15)17-22-18(26-23-17)13-5-7-27-10-13/h5,7-8,10-11H,4,6,9H2,1-3H3,(H,21,25). The van der Waals surface area contributed by atoms with Crippen LogP contribution < -0.4 is 5.32 Å². The van der Waals surface area contributed by atoms with E-state index in [0.717, 1.165) is 34.4 Å². The van der Waals surface area contributed by atoms with Crippen molar-refractivity contribution in [3.05, 3.63) is 39.8 Å². The van der Waals surface area contributed by atoms with Crippen molar-refractivity contribution in [3.63, 3.8) is 0 Å². The summed E-state index contributed by atoms with van der Waals surface area (Å²) in [5.74, 6) is 1.06. The number of nitrogens with zero attached hydrogens (tertiary/aromatic N) is 4. The zero-order valence-electron chi connectivity index (χ0n) is 15.5. The Labute approximate surface area is 161 Å². The molecule has 1 aliphatic rings. The quantitative estimate of drug-likeness (QED) is 0.746. The predicted molar refractivity (Wildman–Crippen MR) is 103 cm³/mol. The first-order valence-corrected chi connectivity index (χ1v) is 9.86. The highest BCUT2D eigenvalue weighted by Crippen LogP contribution is 2.32. The maximum atomic E-state index is 12.3. The lowest BCUT2D eigenvalue weighted by Gasteiger charge is -2.30. The average molecular weight is 383 g/mol. The Hall–Kier alpha value is -2.74. The first kappa shape index (κ1) is 17.7. The Morgan fingerprint density at radius 3 is 3.00 bits per heavy atom. The van der Waals surface area contributed by atoms with E-state index in [4.69, 9.17) is 4.52 Å². The van der Waals surface area contributed by atoms with Gasteiger partial charge in [-0.05, 0) is 49.8 Å². The summed E-state index contributed by atoms with van der Waals surface area (Å²) in [4.78, 5) is 23.2. The van der Waals surface area contributed by atoms with E-state index in [1.54, 1.807) is 11.3 Å². The summed E-state index contributed by atoms with van der Waals surface area (Å²) in [5.41, 5.74) is 4.88. The van der Waals surface area contributed by atoms with Gasteiger partial charge in [0.25, 0.3) is 5.89 Å². The summed E-state index contributed by atoms with van der Waals surface area (Å²) >= 11 is 1.59. The molecule has 27 heavy (non-hydrogen) atoms. The van der Waals surface area contributed by atoms with E-state index in [2.05, 4.69) is 20.4 Å². The molecule has 8 heteroatoms. The minimum atomic E-state index is -0.0444. The van der Waals surface area contributed by atoms with Crippen LogP contribution in [0.15, 0.2) is 27.5 Å². The molecule has 140 valence electrons. The number of aromatic nitrogens is 3. The number of thiophene rings is 1. The fraction of sp³-hybridized carbons (Fsp3) is 0.368. The molecule has 3 aromatic rings. The zero-order valence-corrected chi connectivity index (χ0v) is 16.3. The normalized spacial score (nSPS) is 13.7. The van der Waals surface area contributed by atoms with Crippen molar-refractivity contribution >= 4 is 17.4 Å². The average Bonchev–Trinajstić information content (AvgIpc) is 3.32. The second-order valence-electron chi connectivity index (χ2n) is 6.93. The fourth-order valence-corrected chi connectivity index (χ4v) is 3.92. The molecule has 0 spiro atoms. The Morgan fingerprint density at radius 1 is 1.41 bits per heavy atom. The van der Waals surface area contributed by atoms with Crippen molar-refractivity contribution in [1.82, 2.24) is 25.3 Å². The van der Waals surface area contributed by atoms with Gasteiger partial charge in [-0.2, -0.15) is 16.3 Å². The van der Waals surface area contributed by atoms with Crippen LogP contribution in [0.4, 0.5) is 4.79 Å². The van der Waals surface area contributed by atoms with Gasteiger partial charge in [-0.1, -0.05) is 5.16 Å². The second-order valence-corrected chi connectivity index (χ2v) is 7.71. The molecule has 1 N–H and O–H groups in total. The molecular weight excluding hydrogens is 362 g/mol. The molecule has 0 saturated carbocycles. The number of rotatable bonds is 3. The molecule has 0 aliphatic carbocycles. The van der Waals surface area contributed by atoms with Crippen LogP contribution in [-0.4, -0.2) is 38.6 Å². The molecule has 0 unspecified atom stereocenters. The highest BCUT2D eigenvalue weighted by atomic mass is 32.1. The SMILES string of the molecule is Cc1ncc2c(c1-c1noc(-c3ccsc3)n1)CCN(C(=O)NC(C)C)C2. The van der Waals surface area contributed by atoms with Gasteiger partial charge < -0.3 is 14.7 Å². The third-order valence-corrected chi connectivity index (χ3v) is 5.26. The summed E-state index contributed by atoms with van der Waals surface area (Å²) in [6.07, 6.45) is 2.59. The zero-order chi connectivity index (χ0) is 19.0. The number of hydrogen-bond donors (Lipinski definition) is 1. The Bertz CT molecular complexity index is 965. The van der Waals surface area contributed by atoms with Gasteiger partial charge in [0.2, 0.25) is 5.82 Å². The van der Waals surface area contributed by atoms with Gasteiger partial charge in [0.05, 0.1) is 5.56 Å². The predicted octanol–water partition coefficient (Wildman–Crippen LogP) is 3.64. The van der Waals surface area contributed by atoms with E-state index in [9.17, 15) is 4.79 Å². The molecule has 0 radical (unpaired) electrons. The van der Waals surface area contributed by atoms with Crippen LogP contribution in [0.5, 0.6) is 0 Å². The Balaban J connectivity index is 1.66.